The highest BCUT2D eigenvalue weighted by molar-refractivity contribution is 5.95. The molecular formula is C19H20NO4-. The molecule has 0 aliphatic carbocycles. The van der Waals surface area contributed by atoms with Gasteiger partial charge < -0.3 is 20.0 Å². The fraction of sp³-hybridized carbons (Fsp3) is 0.263. The van der Waals surface area contributed by atoms with Crippen LogP contribution < -0.4 is 15.2 Å². The minimum atomic E-state index is -1.24. The third-order valence-electron chi connectivity index (χ3n) is 3.97. The molecule has 2 aromatic carbocycles. The molecule has 2 aromatic rings. The van der Waals surface area contributed by atoms with E-state index in [-0.39, 0.29) is 5.91 Å². The molecule has 5 heteroatoms. The van der Waals surface area contributed by atoms with Gasteiger partial charge in [0.25, 0.3) is 0 Å². The van der Waals surface area contributed by atoms with E-state index in [4.69, 9.17) is 4.74 Å². The number of nitrogens with one attached hydrogen (secondary N) is 1. The molecule has 0 radical (unpaired) electrons. The molecule has 0 aromatic heterocycles. The average Bonchev–Trinajstić information content (AvgIpc) is 2.60. The third-order valence-corrected chi connectivity index (χ3v) is 3.97. The largest absolute Gasteiger partial charge is 0.550 e. The van der Waals surface area contributed by atoms with Crippen molar-refractivity contribution in [3.63, 3.8) is 0 Å². The van der Waals surface area contributed by atoms with Gasteiger partial charge >= 0.3 is 0 Å². The van der Waals surface area contributed by atoms with Crippen molar-refractivity contribution in [2.75, 3.05) is 12.4 Å². The van der Waals surface area contributed by atoms with Gasteiger partial charge in [0.2, 0.25) is 5.91 Å². The Hall–Kier alpha value is -2.82. The number of amides is 1. The summed E-state index contributed by atoms with van der Waals surface area (Å²) < 4.78 is 5.10. The van der Waals surface area contributed by atoms with Crippen LogP contribution in [0.5, 0.6) is 5.75 Å². The maximum atomic E-state index is 12.6. The molecule has 1 N–H and O–H groups in total. The highest BCUT2D eigenvalue weighted by atomic mass is 16.5. The van der Waals surface area contributed by atoms with Crippen LogP contribution in [0.2, 0.25) is 0 Å². The molecule has 1 amide bonds. The van der Waals surface area contributed by atoms with Gasteiger partial charge in [0, 0.05) is 17.6 Å². The van der Waals surface area contributed by atoms with Crippen LogP contribution in [0.1, 0.15) is 12.5 Å². The van der Waals surface area contributed by atoms with Crippen molar-refractivity contribution >= 4 is 17.6 Å². The second kappa shape index (κ2) is 8.15. The van der Waals surface area contributed by atoms with Crippen molar-refractivity contribution < 1.29 is 19.4 Å². The maximum Gasteiger partial charge on any atom is 0.228 e. The van der Waals surface area contributed by atoms with Gasteiger partial charge in [0.15, 0.2) is 0 Å². The smallest absolute Gasteiger partial charge is 0.228 e. The lowest BCUT2D eigenvalue weighted by atomic mass is 9.87. The number of hydrogen-bond acceptors (Lipinski definition) is 4. The molecule has 5 nitrogen and oxygen atoms in total. The summed E-state index contributed by atoms with van der Waals surface area (Å²) in [4.78, 5) is 23.8. The highest BCUT2D eigenvalue weighted by Crippen LogP contribution is 2.21. The number of anilines is 1. The SMILES string of the molecule is COc1ccc(C[C@@H](C(=O)Nc2ccccc2)[C@H](C)C(=O)[O-])cc1. The molecule has 0 aliphatic rings. The molecule has 126 valence electrons. The number of carbonyl (C=O) groups is 2. The number of benzene rings is 2. The van der Waals surface area contributed by atoms with E-state index < -0.39 is 17.8 Å². The first kappa shape index (κ1) is 17.5. The van der Waals surface area contributed by atoms with E-state index in [1.165, 1.54) is 6.92 Å². The number of ether oxygens (including phenoxy) is 1. The molecule has 0 fully saturated rings. The van der Waals surface area contributed by atoms with Crippen LogP contribution in [0, 0.1) is 11.8 Å². The minimum absolute atomic E-state index is 0.303. The van der Waals surface area contributed by atoms with Gasteiger partial charge in [0.05, 0.1) is 13.0 Å². The third kappa shape index (κ3) is 4.59. The summed E-state index contributed by atoms with van der Waals surface area (Å²) in [6.45, 7) is 1.49. The Bertz CT molecular complexity index is 682. The van der Waals surface area contributed by atoms with E-state index in [0.717, 1.165) is 5.56 Å². The van der Waals surface area contributed by atoms with Crippen LogP contribution in [-0.4, -0.2) is 19.0 Å². The van der Waals surface area contributed by atoms with E-state index in [1.54, 1.807) is 43.5 Å². The zero-order chi connectivity index (χ0) is 17.5. The van der Waals surface area contributed by atoms with Gasteiger partial charge in [-0.3, -0.25) is 4.79 Å². The van der Waals surface area contributed by atoms with E-state index >= 15 is 0 Å². The molecule has 2 rings (SSSR count). The minimum Gasteiger partial charge on any atom is -0.550 e. The van der Waals surface area contributed by atoms with Gasteiger partial charge in [-0.25, -0.2) is 0 Å². The van der Waals surface area contributed by atoms with E-state index in [1.807, 2.05) is 18.2 Å². The van der Waals surface area contributed by atoms with Crippen LogP contribution in [0.3, 0.4) is 0 Å². The number of methoxy groups -OCH3 is 1. The molecule has 2 atom stereocenters. The molecule has 0 spiro atoms. The van der Waals surface area contributed by atoms with Crippen molar-refractivity contribution in [1.82, 2.24) is 0 Å². The maximum absolute atomic E-state index is 12.6. The first-order valence-corrected chi connectivity index (χ1v) is 7.71. The van der Waals surface area contributed by atoms with Gasteiger partial charge in [-0.1, -0.05) is 37.3 Å². The summed E-state index contributed by atoms with van der Waals surface area (Å²) in [6.07, 6.45) is 0.303. The van der Waals surface area contributed by atoms with E-state index in [0.29, 0.717) is 17.9 Å². The van der Waals surface area contributed by atoms with Crippen molar-refractivity contribution in [2.24, 2.45) is 11.8 Å². The number of carboxylic acids is 1. The first-order chi connectivity index (χ1) is 11.5. The number of carbonyl (C=O) groups excluding carboxylic acids is 2. The number of carboxylic acid groups (broad SMARTS) is 1. The molecule has 0 saturated heterocycles. The van der Waals surface area contributed by atoms with Gasteiger partial charge in [0.1, 0.15) is 5.75 Å². The molecule has 0 unspecified atom stereocenters. The lowest BCUT2D eigenvalue weighted by Crippen LogP contribution is -2.40. The predicted molar refractivity (Wildman–Crippen MR) is 89.4 cm³/mol. The monoisotopic (exact) mass is 326 g/mol. The zero-order valence-electron chi connectivity index (χ0n) is 13.7. The van der Waals surface area contributed by atoms with Crippen LogP contribution in [-0.2, 0) is 16.0 Å². The Morgan fingerprint density at radius 2 is 1.71 bits per heavy atom. The van der Waals surface area contributed by atoms with E-state index in [2.05, 4.69) is 5.32 Å². The molecule has 0 saturated carbocycles. The number of rotatable bonds is 7. The van der Waals surface area contributed by atoms with Crippen LogP contribution in [0.4, 0.5) is 5.69 Å². The lowest BCUT2D eigenvalue weighted by molar-refractivity contribution is -0.312. The average molecular weight is 326 g/mol. The number of aliphatic carboxylic acids is 1. The summed E-state index contributed by atoms with van der Waals surface area (Å²) in [7, 11) is 1.57. The van der Waals surface area contributed by atoms with Crippen LogP contribution >= 0.6 is 0 Å². The van der Waals surface area contributed by atoms with Gasteiger partial charge in [-0.15, -0.1) is 0 Å². The Balaban J connectivity index is 2.17. The van der Waals surface area contributed by atoms with Gasteiger partial charge in [-0.05, 0) is 36.2 Å². The zero-order valence-corrected chi connectivity index (χ0v) is 13.7. The molecule has 24 heavy (non-hydrogen) atoms. The van der Waals surface area contributed by atoms with E-state index in [9.17, 15) is 14.7 Å². The summed E-state index contributed by atoms with van der Waals surface area (Å²) >= 11 is 0. The fourth-order valence-corrected chi connectivity index (χ4v) is 2.43. The molecule has 0 bridgehead atoms. The van der Waals surface area contributed by atoms with Crippen LogP contribution in [0.25, 0.3) is 0 Å². The Kier molecular flexibility index (Phi) is 5.95. The summed E-state index contributed by atoms with van der Waals surface area (Å²) in [6, 6.07) is 16.2. The van der Waals surface area contributed by atoms with Crippen molar-refractivity contribution in [1.29, 1.82) is 0 Å². The van der Waals surface area contributed by atoms with Gasteiger partial charge in [-0.2, -0.15) is 0 Å². The second-order valence-electron chi connectivity index (χ2n) is 5.62. The summed E-state index contributed by atoms with van der Waals surface area (Å²) in [5.41, 5.74) is 1.49. The lowest BCUT2D eigenvalue weighted by Gasteiger charge is -2.24. The molecule has 0 heterocycles. The number of hydrogen-bond donors (Lipinski definition) is 1. The van der Waals surface area contributed by atoms with Crippen molar-refractivity contribution in [3.8, 4) is 5.75 Å². The number of para-hydroxylation sites is 1. The van der Waals surface area contributed by atoms with Crippen LogP contribution in [0.15, 0.2) is 54.6 Å². The normalized spacial score (nSPS) is 12.9. The molecule has 0 aliphatic heterocycles. The molecular weight excluding hydrogens is 306 g/mol. The first-order valence-electron chi connectivity index (χ1n) is 7.71. The van der Waals surface area contributed by atoms with Crippen molar-refractivity contribution in [3.05, 3.63) is 60.2 Å². The Morgan fingerprint density at radius 3 is 2.25 bits per heavy atom. The summed E-state index contributed by atoms with van der Waals surface area (Å²) in [5.74, 6) is -2.51. The standard InChI is InChI=1S/C19H21NO4/c1-13(19(22)23)17(12-14-8-10-16(24-2)11-9-14)18(21)20-15-6-4-3-5-7-15/h3-11,13,17H,12H2,1-2H3,(H,20,21)(H,22,23)/p-1/t13-,17+/m0/s1. The topological polar surface area (TPSA) is 78.5 Å². The highest BCUT2D eigenvalue weighted by Gasteiger charge is 2.26. The second-order valence-corrected chi connectivity index (χ2v) is 5.62. The fourth-order valence-electron chi connectivity index (χ4n) is 2.43. The quantitative estimate of drug-likeness (QED) is 0.842. The Morgan fingerprint density at radius 1 is 1.08 bits per heavy atom. The van der Waals surface area contributed by atoms with Crippen molar-refractivity contribution in [2.45, 2.75) is 13.3 Å². The predicted octanol–water partition coefficient (Wildman–Crippen LogP) is 1.88. The summed E-state index contributed by atoms with van der Waals surface area (Å²) in [5, 5.41) is 14.0. The Labute approximate surface area is 141 Å².